The Morgan fingerprint density at radius 3 is 2.14 bits per heavy atom. The van der Waals surface area contributed by atoms with Crippen molar-refractivity contribution in [3.63, 3.8) is 0 Å². The van der Waals surface area contributed by atoms with Crippen molar-refractivity contribution in [3.8, 4) is 0 Å². The zero-order valence-electron chi connectivity index (χ0n) is 13.4. The van der Waals surface area contributed by atoms with E-state index in [-0.39, 0.29) is 18.9 Å². The third-order valence-electron chi connectivity index (χ3n) is 4.11. The third kappa shape index (κ3) is 3.26. The molecule has 1 atom stereocenters. The predicted octanol–water partition coefficient (Wildman–Crippen LogP) is 3.14. The molecule has 4 heteroatoms. The summed E-state index contributed by atoms with van der Waals surface area (Å²) >= 11 is 0. The molecule has 1 aromatic rings. The highest BCUT2D eigenvalue weighted by molar-refractivity contribution is 6.00. The van der Waals surface area contributed by atoms with Crippen LogP contribution in [0.1, 0.15) is 37.5 Å². The fourth-order valence-corrected chi connectivity index (χ4v) is 2.59. The van der Waals surface area contributed by atoms with Crippen LogP contribution >= 0.6 is 0 Å². The molecule has 0 saturated heterocycles. The van der Waals surface area contributed by atoms with E-state index in [1.807, 2.05) is 32.0 Å². The Balaban J connectivity index is 3.38. The van der Waals surface area contributed by atoms with Crippen molar-refractivity contribution >= 4 is 11.9 Å². The van der Waals surface area contributed by atoms with Gasteiger partial charge in [0, 0.05) is 0 Å². The number of carboxylic acids is 1. The van der Waals surface area contributed by atoms with Crippen LogP contribution in [0.15, 0.2) is 18.2 Å². The van der Waals surface area contributed by atoms with Crippen molar-refractivity contribution in [3.05, 3.63) is 34.9 Å². The predicted molar refractivity (Wildman–Crippen MR) is 81.2 cm³/mol. The molecule has 0 fully saturated rings. The molecule has 0 aliphatic rings. The quantitative estimate of drug-likeness (QED) is 0.646. The Morgan fingerprint density at radius 2 is 1.76 bits per heavy atom. The fourth-order valence-electron chi connectivity index (χ4n) is 2.59. The summed E-state index contributed by atoms with van der Waals surface area (Å²) in [4.78, 5) is 24.3. The number of aryl methyl sites for hydroxylation is 2. The van der Waals surface area contributed by atoms with Gasteiger partial charge >= 0.3 is 11.9 Å². The van der Waals surface area contributed by atoms with Gasteiger partial charge in [0.1, 0.15) is 0 Å². The number of carboxylic acid groups (broad SMARTS) is 1. The second-order valence-electron chi connectivity index (χ2n) is 5.70. The van der Waals surface area contributed by atoms with E-state index in [1.165, 1.54) is 0 Å². The molecule has 0 spiro atoms. The second-order valence-corrected chi connectivity index (χ2v) is 5.70. The average molecular weight is 292 g/mol. The van der Waals surface area contributed by atoms with Crippen LogP contribution in [0, 0.1) is 25.2 Å². The van der Waals surface area contributed by atoms with E-state index in [0.717, 1.165) is 16.7 Å². The van der Waals surface area contributed by atoms with Crippen molar-refractivity contribution in [2.45, 2.75) is 41.0 Å². The minimum Gasteiger partial charge on any atom is -0.480 e. The SMILES string of the molecule is CCOC(=O)C(Cc1c(C)cccc1C)(C(=O)O)C(C)C. The van der Waals surface area contributed by atoms with Gasteiger partial charge in [0.15, 0.2) is 5.41 Å². The molecular weight excluding hydrogens is 268 g/mol. The number of carbonyl (C=O) groups excluding carboxylic acids is 1. The van der Waals surface area contributed by atoms with Gasteiger partial charge < -0.3 is 9.84 Å². The van der Waals surface area contributed by atoms with E-state index in [1.54, 1.807) is 20.8 Å². The molecule has 1 unspecified atom stereocenters. The molecule has 0 heterocycles. The first-order chi connectivity index (χ1) is 9.77. The lowest BCUT2D eigenvalue weighted by molar-refractivity contribution is -0.172. The Hall–Kier alpha value is -1.84. The van der Waals surface area contributed by atoms with Crippen LogP contribution < -0.4 is 0 Å². The number of benzene rings is 1. The second kappa shape index (κ2) is 6.74. The Bertz CT molecular complexity index is 513. The molecule has 0 amide bonds. The van der Waals surface area contributed by atoms with Gasteiger partial charge in [-0.05, 0) is 49.8 Å². The maximum Gasteiger partial charge on any atom is 0.324 e. The number of ether oxygens (including phenoxy) is 1. The summed E-state index contributed by atoms with van der Waals surface area (Å²) in [5.74, 6) is -2.15. The summed E-state index contributed by atoms with van der Waals surface area (Å²) in [6.07, 6.45) is 0.150. The van der Waals surface area contributed by atoms with Crippen molar-refractivity contribution in [2.24, 2.45) is 11.3 Å². The molecule has 1 N–H and O–H groups in total. The molecule has 1 aromatic carbocycles. The van der Waals surface area contributed by atoms with E-state index in [9.17, 15) is 14.7 Å². The number of aliphatic carboxylic acids is 1. The van der Waals surface area contributed by atoms with Crippen molar-refractivity contribution in [1.29, 1.82) is 0 Å². The summed E-state index contributed by atoms with van der Waals surface area (Å²) in [6, 6.07) is 5.79. The molecular formula is C17H24O4. The van der Waals surface area contributed by atoms with E-state index >= 15 is 0 Å². The van der Waals surface area contributed by atoms with Gasteiger partial charge in [-0.2, -0.15) is 0 Å². The first-order valence-corrected chi connectivity index (χ1v) is 7.23. The highest BCUT2D eigenvalue weighted by Crippen LogP contribution is 2.36. The topological polar surface area (TPSA) is 63.6 Å². The first-order valence-electron chi connectivity index (χ1n) is 7.23. The Morgan fingerprint density at radius 1 is 1.24 bits per heavy atom. The third-order valence-corrected chi connectivity index (χ3v) is 4.11. The lowest BCUT2D eigenvalue weighted by atomic mass is 9.71. The minimum absolute atomic E-state index is 0.150. The molecule has 0 aliphatic carbocycles. The molecule has 0 radical (unpaired) electrons. The monoisotopic (exact) mass is 292 g/mol. The van der Waals surface area contributed by atoms with Gasteiger partial charge in [0.25, 0.3) is 0 Å². The van der Waals surface area contributed by atoms with Gasteiger partial charge in [0.05, 0.1) is 6.61 Å². The van der Waals surface area contributed by atoms with E-state index in [4.69, 9.17) is 4.74 Å². The summed E-state index contributed by atoms with van der Waals surface area (Å²) in [5.41, 5.74) is 1.34. The number of esters is 1. The first kappa shape index (κ1) is 17.2. The standard InChI is InChI=1S/C17H24O4/c1-6-21-16(20)17(11(2)3,15(18)19)10-14-12(4)8-7-9-13(14)5/h7-9,11H,6,10H2,1-5H3,(H,18,19). The average Bonchev–Trinajstić information content (AvgIpc) is 2.37. The van der Waals surface area contributed by atoms with Gasteiger partial charge in [-0.15, -0.1) is 0 Å². The van der Waals surface area contributed by atoms with E-state index < -0.39 is 17.4 Å². The maximum atomic E-state index is 12.4. The minimum atomic E-state index is -1.55. The van der Waals surface area contributed by atoms with Crippen LogP contribution in [-0.2, 0) is 20.7 Å². The molecule has 0 saturated carbocycles. The normalized spacial score (nSPS) is 13.8. The van der Waals surface area contributed by atoms with Gasteiger partial charge in [0.2, 0.25) is 0 Å². The van der Waals surface area contributed by atoms with Crippen LogP contribution in [0.5, 0.6) is 0 Å². The van der Waals surface area contributed by atoms with E-state index in [2.05, 4.69) is 0 Å². The Kier molecular flexibility index (Phi) is 5.53. The van der Waals surface area contributed by atoms with Gasteiger partial charge in [-0.1, -0.05) is 32.0 Å². The highest BCUT2D eigenvalue weighted by atomic mass is 16.5. The van der Waals surface area contributed by atoms with Crippen molar-refractivity contribution in [1.82, 2.24) is 0 Å². The number of carbonyl (C=O) groups is 2. The summed E-state index contributed by atoms with van der Waals surface area (Å²) in [6.45, 7) is 9.22. The lowest BCUT2D eigenvalue weighted by Gasteiger charge is -2.32. The molecule has 0 aromatic heterocycles. The van der Waals surface area contributed by atoms with Crippen LogP contribution in [0.3, 0.4) is 0 Å². The number of hydrogen-bond acceptors (Lipinski definition) is 3. The van der Waals surface area contributed by atoms with E-state index in [0.29, 0.717) is 0 Å². The van der Waals surface area contributed by atoms with Crippen LogP contribution in [0.25, 0.3) is 0 Å². The molecule has 4 nitrogen and oxygen atoms in total. The van der Waals surface area contributed by atoms with Crippen LogP contribution in [0.2, 0.25) is 0 Å². The molecule has 21 heavy (non-hydrogen) atoms. The molecule has 0 bridgehead atoms. The Labute approximate surface area is 126 Å². The zero-order chi connectivity index (χ0) is 16.2. The van der Waals surface area contributed by atoms with Crippen molar-refractivity contribution < 1.29 is 19.4 Å². The smallest absolute Gasteiger partial charge is 0.324 e. The van der Waals surface area contributed by atoms with Crippen molar-refractivity contribution in [2.75, 3.05) is 6.61 Å². The maximum absolute atomic E-state index is 12.4. The van der Waals surface area contributed by atoms with Crippen LogP contribution in [-0.4, -0.2) is 23.7 Å². The number of hydrogen-bond donors (Lipinski definition) is 1. The molecule has 0 aliphatic heterocycles. The largest absolute Gasteiger partial charge is 0.480 e. The zero-order valence-corrected chi connectivity index (χ0v) is 13.4. The summed E-state index contributed by atoms with van der Waals surface area (Å²) in [5, 5.41) is 9.73. The summed E-state index contributed by atoms with van der Waals surface area (Å²) < 4.78 is 5.06. The van der Waals surface area contributed by atoms with Crippen LogP contribution in [0.4, 0.5) is 0 Å². The molecule has 1 rings (SSSR count). The van der Waals surface area contributed by atoms with Gasteiger partial charge in [-0.3, -0.25) is 9.59 Å². The lowest BCUT2D eigenvalue weighted by Crippen LogP contribution is -2.47. The fraction of sp³-hybridized carbons (Fsp3) is 0.529. The number of rotatable bonds is 6. The summed E-state index contributed by atoms with van der Waals surface area (Å²) in [7, 11) is 0. The van der Waals surface area contributed by atoms with Gasteiger partial charge in [-0.25, -0.2) is 0 Å². The molecule has 116 valence electrons. The highest BCUT2D eigenvalue weighted by Gasteiger charge is 2.50.